The molecule has 2 amide bonds. The summed E-state index contributed by atoms with van der Waals surface area (Å²) in [6.07, 6.45) is 1.21. The van der Waals surface area contributed by atoms with Gasteiger partial charge in [0.2, 0.25) is 0 Å². The Bertz CT molecular complexity index is 195. The molecule has 0 saturated heterocycles. The van der Waals surface area contributed by atoms with Crippen molar-refractivity contribution in [3.63, 3.8) is 0 Å². The lowest BCUT2D eigenvalue weighted by molar-refractivity contribution is -0.123. The van der Waals surface area contributed by atoms with Crippen LogP contribution in [0, 0.1) is 0 Å². The summed E-state index contributed by atoms with van der Waals surface area (Å²) in [6.45, 7) is 0.123. The Morgan fingerprint density at radius 3 is 2.44 bits per heavy atom. The van der Waals surface area contributed by atoms with Gasteiger partial charge in [0.05, 0.1) is 0 Å². The van der Waals surface area contributed by atoms with Gasteiger partial charge in [-0.1, -0.05) is 0 Å². The molecule has 0 aromatic rings. The molecule has 1 aliphatic heterocycles. The predicted octanol–water partition coefficient (Wildman–Crippen LogP) is -1.47. The van der Waals surface area contributed by atoms with Crippen molar-refractivity contribution >= 4 is 11.8 Å². The molecule has 0 radical (unpaired) electrons. The second kappa shape index (κ2) is 1.99. The average molecular weight is 126 g/mol. The molecule has 1 aliphatic rings. The fourth-order valence-corrected chi connectivity index (χ4v) is 0.604. The van der Waals surface area contributed by atoms with Crippen LogP contribution in [0.2, 0.25) is 0 Å². The molecule has 48 valence electrons. The van der Waals surface area contributed by atoms with Gasteiger partial charge in [0, 0.05) is 18.2 Å². The van der Waals surface area contributed by atoms with E-state index in [1.807, 2.05) is 0 Å². The molecule has 0 saturated carbocycles. The van der Waals surface area contributed by atoms with Crippen LogP contribution in [0.3, 0.4) is 0 Å². The first-order chi connectivity index (χ1) is 4.24. The smallest absolute Gasteiger partial charge is 0.255 e. The highest BCUT2D eigenvalue weighted by Gasteiger charge is 2.18. The Labute approximate surface area is 51.7 Å². The molecule has 1 rings (SSSR count). The summed E-state index contributed by atoms with van der Waals surface area (Å²) >= 11 is 0. The van der Waals surface area contributed by atoms with E-state index >= 15 is 0 Å². The van der Waals surface area contributed by atoms with Crippen molar-refractivity contribution in [1.29, 1.82) is 0 Å². The van der Waals surface area contributed by atoms with Crippen LogP contribution in [-0.2, 0) is 9.59 Å². The maximum absolute atomic E-state index is 10.5. The fourth-order valence-electron chi connectivity index (χ4n) is 0.604. The van der Waals surface area contributed by atoms with Gasteiger partial charge in [-0.05, 0) is 0 Å². The van der Waals surface area contributed by atoms with Crippen molar-refractivity contribution in [2.24, 2.45) is 5.73 Å². The molecule has 0 atom stereocenters. The van der Waals surface area contributed by atoms with E-state index in [1.165, 1.54) is 6.08 Å². The second-order valence-corrected chi connectivity index (χ2v) is 1.69. The Morgan fingerprint density at radius 2 is 2.22 bits per heavy atom. The summed E-state index contributed by atoms with van der Waals surface area (Å²) in [5, 5.41) is 2.07. The molecule has 0 aromatic carbocycles. The summed E-state index contributed by atoms with van der Waals surface area (Å²) in [7, 11) is 0. The van der Waals surface area contributed by atoms with Gasteiger partial charge in [0.25, 0.3) is 11.8 Å². The number of nitrogens with one attached hydrogen (secondary N) is 1. The molecular weight excluding hydrogens is 120 g/mol. The van der Waals surface area contributed by atoms with Gasteiger partial charge in [0.1, 0.15) is 0 Å². The van der Waals surface area contributed by atoms with Crippen molar-refractivity contribution in [3.05, 3.63) is 11.6 Å². The number of hydrogen-bond acceptors (Lipinski definition) is 3. The Morgan fingerprint density at radius 1 is 1.56 bits per heavy atom. The van der Waals surface area contributed by atoms with E-state index in [9.17, 15) is 9.59 Å². The molecule has 9 heavy (non-hydrogen) atoms. The number of carbonyl (C=O) groups is 2. The van der Waals surface area contributed by atoms with E-state index in [1.54, 1.807) is 0 Å². The first-order valence-corrected chi connectivity index (χ1v) is 2.50. The van der Waals surface area contributed by atoms with Crippen LogP contribution in [0.1, 0.15) is 0 Å². The predicted molar refractivity (Wildman–Crippen MR) is 30.3 cm³/mol. The van der Waals surface area contributed by atoms with Crippen LogP contribution in [0.4, 0.5) is 0 Å². The minimum absolute atomic E-state index is 0.123. The first kappa shape index (κ1) is 5.97. The van der Waals surface area contributed by atoms with E-state index < -0.39 is 0 Å². The van der Waals surface area contributed by atoms with Crippen LogP contribution in [0.25, 0.3) is 0 Å². The molecular formula is C5H6N2O2. The number of amides is 2. The summed E-state index contributed by atoms with van der Waals surface area (Å²) in [4.78, 5) is 20.9. The fraction of sp³-hybridized carbons (Fsp3) is 0.200. The molecule has 0 fully saturated rings. The van der Waals surface area contributed by atoms with Crippen molar-refractivity contribution in [2.75, 3.05) is 6.54 Å². The van der Waals surface area contributed by atoms with E-state index in [0.29, 0.717) is 5.57 Å². The van der Waals surface area contributed by atoms with Gasteiger partial charge < -0.3 is 5.73 Å². The van der Waals surface area contributed by atoms with Crippen molar-refractivity contribution in [1.82, 2.24) is 5.32 Å². The van der Waals surface area contributed by atoms with E-state index in [-0.39, 0.29) is 18.4 Å². The Hall–Kier alpha value is -1.16. The third-order valence-corrected chi connectivity index (χ3v) is 1.05. The zero-order valence-corrected chi connectivity index (χ0v) is 4.68. The zero-order chi connectivity index (χ0) is 6.85. The molecule has 0 aromatic heterocycles. The highest BCUT2D eigenvalue weighted by Crippen LogP contribution is 1.97. The summed E-state index contributed by atoms with van der Waals surface area (Å²) in [6, 6.07) is 0. The summed E-state index contributed by atoms with van der Waals surface area (Å²) < 4.78 is 0. The van der Waals surface area contributed by atoms with Crippen molar-refractivity contribution in [2.45, 2.75) is 0 Å². The molecule has 4 nitrogen and oxygen atoms in total. The van der Waals surface area contributed by atoms with Gasteiger partial charge in [-0.25, -0.2) is 0 Å². The lowest BCUT2D eigenvalue weighted by Crippen LogP contribution is -2.24. The maximum atomic E-state index is 10.5. The number of hydrogen-bond donors (Lipinski definition) is 2. The topological polar surface area (TPSA) is 72.2 Å². The molecule has 0 spiro atoms. The quantitative estimate of drug-likeness (QED) is 0.421. The van der Waals surface area contributed by atoms with Crippen molar-refractivity contribution in [3.8, 4) is 0 Å². The van der Waals surface area contributed by atoms with Gasteiger partial charge in [-0.3, -0.25) is 14.9 Å². The monoisotopic (exact) mass is 126 g/mol. The molecule has 0 aliphatic carbocycles. The van der Waals surface area contributed by atoms with Crippen LogP contribution in [0.5, 0.6) is 0 Å². The van der Waals surface area contributed by atoms with Gasteiger partial charge in [-0.2, -0.15) is 0 Å². The number of imide groups is 1. The third-order valence-electron chi connectivity index (χ3n) is 1.05. The molecule has 0 unspecified atom stereocenters. The first-order valence-electron chi connectivity index (χ1n) is 2.50. The number of nitrogens with two attached hydrogens (primary N) is 1. The van der Waals surface area contributed by atoms with E-state index in [4.69, 9.17) is 5.73 Å². The molecule has 4 heteroatoms. The summed E-state index contributed by atoms with van der Waals surface area (Å²) in [5.41, 5.74) is 5.45. The Kier molecular flexibility index (Phi) is 1.32. The van der Waals surface area contributed by atoms with Gasteiger partial charge in [0.15, 0.2) is 0 Å². The number of carbonyl (C=O) groups excluding carboxylic acids is 2. The lowest BCUT2D eigenvalue weighted by atomic mass is 10.3. The second-order valence-electron chi connectivity index (χ2n) is 1.69. The SMILES string of the molecule is NCC1=CC(=O)NC1=O. The largest absolute Gasteiger partial charge is 0.326 e. The van der Waals surface area contributed by atoms with Crippen LogP contribution >= 0.6 is 0 Å². The van der Waals surface area contributed by atoms with Crippen LogP contribution < -0.4 is 11.1 Å². The van der Waals surface area contributed by atoms with E-state index in [2.05, 4.69) is 5.32 Å². The summed E-state index contributed by atoms with van der Waals surface area (Å²) in [5.74, 6) is -0.747. The van der Waals surface area contributed by atoms with Crippen molar-refractivity contribution < 1.29 is 9.59 Å². The minimum atomic E-state index is -0.375. The molecule has 0 bridgehead atoms. The average Bonchev–Trinajstić information content (AvgIpc) is 2.10. The molecule has 1 heterocycles. The van der Waals surface area contributed by atoms with Gasteiger partial charge in [-0.15, -0.1) is 0 Å². The third kappa shape index (κ3) is 0.972. The van der Waals surface area contributed by atoms with Crippen LogP contribution in [0.15, 0.2) is 11.6 Å². The highest BCUT2D eigenvalue weighted by molar-refractivity contribution is 6.16. The number of rotatable bonds is 1. The standard InChI is InChI=1S/C5H6N2O2/c6-2-3-1-4(8)7-5(3)9/h1H,2,6H2,(H,7,8,9). The minimum Gasteiger partial charge on any atom is -0.326 e. The molecule has 3 N–H and O–H groups in total. The van der Waals surface area contributed by atoms with E-state index in [0.717, 1.165) is 0 Å². The van der Waals surface area contributed by atoms with Crippen LogP contribution in [-0.4, -0.2) is 18.4 Å². The van der Waals surface area contributed by atoms with Gasteiger partial charge >= 0.3 is 0 Å². The lowest BCUT2D eigenvalue weighted by Gasteiger charge is -1.89. The normalized spacial score (nSPS) is 17.7. The Balaban J connectivity index is 2.80. The maximum Gasteiger partial charge on any atom is 0.255 e. The highest BCUT2D eigenvalue weighted by atomic mass is 16.2. The zero-order valence-electron chi connectivity index (χ0n) is 4.68.